The van der Waals surface area contributed by atoms with Gasteiger partial charge < -0.3 is 10.4 Å². The Balaban J connectivity index is 1.79. The van der Waals surface area contributed by atoms with Crippen LogP contribution in [0.25, 0.3) is 0 Å². The normalized spacial score (nSPS) is 10.8. The van der Waals surface area contributed by atoms with E-state index in [4.69, 9.17) is 5.11 Å². The highest BCUT2D eigenvalue weighted by Gasteiger charge is 2.03. The number of aliphatic hydroxyl groups excluding tert-OH is 1. The fourth-order valence-electron chi connectivity index (χ4n) is 1.95. The molecule has 0 aliphatic rings. The monoisotopic (exact) mass is 277 g/mol. The van der Waals surface area contributed by atoms with Crippen LogP contribution < -0.4 is 5.32 Å². The number of halogens is 2. The van der Waals surface area contributed by atoms with Gasteiger partial charge in [-0.15, -0.1) is 0 Å². The van der Waals surface area contributed by atoms with Crippen LogP contribution in [-0.2, 0) is 19.6 Å². The third-order valence-electron chi connectivity index (χ3n) is 3.12. The molecular weight excluding hydrogens is 260 g/mol. The van der Waals surface area contributed by atoms with Crippen molar-refractivity contribution in [1.82, 2.24) is 5.32 Å². The molecule has 0 radical (unpaired) electrons. The maximum absolute atomic E-state index is 13.4. The molecule has 0 saturated carbocycles. The van der Waals surface area contributed by atoms with Crippen molar-refractivity contribution in [2.45, 2.75) is 19.6 Å². The molecule has 0 fully saturated rings. The summed E-state index contributed by atoms with van der Waals surface area (Å²) in [6.45, 7) is 1.02. The first-order valence-electron chi connectivity index (χ1n) is 6.52. The quantitative estimate of drug-likeness (QED) is 0.796. The topological polar surface area (TPSA) is 32.3 Å². The van der Waals surface area contributed by atoms with Gasteiger partial charge in [0.1, 0.15) is 11.6 Å². The summed E-state index contributed by atoms with van der Waals surface area (Å²) in [5.41, 5.74) is 2.35. The summed E-state index contributed by atoms with van der Waals surface area (Å²) in [4.78, 5) is 0. The van der Waals surface area contributed by atoms with E-state index in [2.05, 4.69) is 5.32 Å². The Morgan fingerprint density at radius 1 is 0.950 bits per heavy atom. The van der Waals surface area contributed by atoms with Gasteiger partial charge in [0.15, 0.2) is 0 Å². The maximum Gasteiger partial charge on any atom is 0.127 e. The lowest BCUT2D eigenvalue weighted by atomic mass is 10.1. The Hall–Kier alpha value is -1.78. The van der Waals surface area contributed by atoms with E-state index in [0.29, 0.717) is 18.7 Å². The first kappa shape index (κ1) is 14.6. The maximum atomic E-state index is 13.4. The molecule has 0 spiro atoms. The van der Waals surface area contributed by atoms with Crippen molar-refractivity contribution in [2.75, 3.05) is 6.54 Å². The summed E-state index contributed by atoms with van der Waals surface area (Å²) in [5, 5.41) is 12.0. The minimum absolute atomic E-state index is 0.0391. The van der Waals surface area contributed by atoms with Crippen molar-refractivity contribution in [3.63, 3.8) is 0 Å². The molecule has 20 heavy (non-hydrogen) atoms. The predicted octanol–water partition coefficient (Wildman–Crippen LogP) is 2.79. The Kier molecular flexibility index (Phi) is 5.21. The average Bonchev–Trinajstić information content (AvgIpc) is 2.47. The third-order valence-corrected chi connectivity index (χ3v) is 3.12. The van der Waals surface area contributed by atoms with Crippen molar-refractivity contribution in [3.05, 3.63) is 70.8 Å². The predicted molar refractivity (Wildman–Crippen MR) is 74.1 cm³/mol. The van der Waals surface area contributed by atoms with Crippen LogP contribution in [0.3, 0.4) is 0 Å². The van der Waals surface area contributed by atoms with Gasteiger partial charge in [-0.2, -0.15) is 0 Å². The van der Waals surface area contributed by atoms with E-state index in [0.717, 1.165) is 29.7 Å². The summed E-state index contributed by atoms with van der Waals surface area (Å²) in [6.07, 6.45) is 0.794. The largest absolute Gasteiger partial charge is 0.392 e. The first-order valence-corrected chi connectivity index (χ1v) is 6.52. The van der Waals surface area contributed by atoms with Crippen molar-refractivity contribution in [3.8, 4) is 0 Å². The smallest absolute Gasteiger partial charge is 0.127 e. The zero-order valence-corrected chi connectivity index (χ0v) is 11.1. The van der Waals surface area contributed by atoms with E-state index < -0.39 is 11.6 Å². The molecule has 2 rings (SSSR count). The summed E-state index contributed by atoms with van der Waals surface area (Å²) >= 11 is 0. The van der Waals surface area contributed by atoms with Gasteiger partial charge in [-0.05, 0) is 42.3 Å². The van der Waals surface area contributed by atoms with Gasteiger partial charge in [-0.1, -0.05) is 24.3 Å². The summed E-state index contributed by atoms with van der Waals surface area (Å²) in [7, 11) is 0. The number of benzene rings is 2. The van der Waals surface area contributed by atoms with Gasteiger partial charge in [0.05, 0.1) is 6.61 Å². The van der Waals surface area contributed by atoms with E-state index >= 15 is 0 Å². The van der Waals surface area contributed by atoms with Crippen LogP contribution in [0.5, 0.6) is 0 Å². The molecular formula is C16H17F2NO. The molecule has 0 saturated heterocycles. The Morgan fingerprint density at radius 3 is 2.35 bits per heavy atom. The van der Waals surface area contributed by atoms with E-state index in [-0.39, 0.29) is 6.61 Å². The van der Waals surface area contributed by atoms with Gasteiger partial charge in [0.25, 0.3) is 0 Å². The second kappa shape index (κ2) is 7.12. The number of nitrogens with one attached hydrogen (secondary N) is 1. The molecule has 0 unspecified atom stereocenters. The minimum Gasteiger partial charge on any atom is -0.392 e. The zero-order valence-electron chi connectivity index (χ0n) is 11.1. The zero-order chi connectivity index (χ0) is 14.4. The lowest BCUT2D eigenvalue weighted by Crippen LogP contribution is -2.17. The Bertz CT molecular complexity index is 555. The van der Waals surface area contributed by atoms with Crippen LogP contribution in [0.2, 0.25) is 0 Å². The van der Waals surface area contributed by atoms with E-state index in [1.165, 1.54) is 6.07 Å². The molecule has 0 aliphatic heterocycles. The van der Waals surface area contributed by atoms with Gasteiger partial charge >= 0.3 is 0 Å². The SMILES string of the molecule is OCc1ccc(CCNCc2cc(F)ccc2F)cc1. The number of hydrogen-bond acceptors (Lipinski definition) is 2. The number of hydrogen-bond donors (Lipinski definition) is 2. The van der Waals surface area contributed by atoms with Gasteiger partial charge in [-0.25, -0.2) is 8.78 Å². The highest BCUT2D eigenvalue weighted by molar-refractivity contribution is 5.22. The molecule has 0 aromatic heterocycles. The van der Waals surface area contributed by atoms with Crippen LogP contribution in [0, 0.1) is 11.6 Å². The first-order chi connectivity index (χ1) is 9.69. The van der Waals surface area contributed by atoms with Gasteiger partial charge in [0, 0.05) is 12.1 Å². The van der Waals surface area contributed by atoms with Crippen LogP contribution in [0.1, 0.15) is 16.7 Å². The lowest BCUT2D eigenvalue weighted by molar-refractivity contribution is 0.282. The summed E-state index contributed by atoms with van der Waals surface area (Å²) < 4.78 is 26.4. The Morgan fingerprint density at radius 2 is 1.65 bits per heavy atom. The molecule has 0 aliphatic carbocycles. The Labute approximate surface area is 117 Å². The van der Waals surface area contributed by atoms with Crippen LogP contribution in [0.4, 0.5) is 8.78 Å². The molecule has 0 atom stereocenters. The molecule has 106 valence electrons. The van der Waals surface area contributed by atoms with Crippen molar-refractivity contribution < 1.29 is 13.9 Å². The summed E-state index contributed by atoms with van der Waals surface area (Å²) in [6, 6.07) is 11.1. The van der Waals surface area contributed by atoms with E-state index in [1.54, 1.807) is 0 Å². The fraction of sp³-hybridized carbons (Fsp3) is 0.250. The second-order valence-corrected chi connectivity index (χ2v) is 4.64. The van der Waals surface area contributed by atoms with Gasteiger partial charge in [-0.3, -0.25) is 0 Å². The molecule has 2 aromatic rings. The second-order valence-electron chi connectivity index (χ2n) is 4.64. The molecule has 2 N–H and O–H groups in total. The molecule has 0 bridgehead atoms. The fourth-order valence-corrected chi connectivity index (χ4v) is 1.95. The molecule has 0 amide bonds. The standard InChI is InChI=1S/C16H17F2NO/c17-15-5-6-16(18)14(9-15)10-19-8-7-12-1-3-13(11-20)4-2-12/h1-6,9,19-20H,7-8,10-11H2. The molecule has 2 aromatic carbocycles. The van der Waals surface area contributed by atoms with Crippen LogP contribution in [0.15, 0.2) is 42.5 Å². The van der Waals surface area contributed by atoms with Crippen molar-refractivity contribution in [1.29, 1.82) is 0 Å². The highest BCUT2D eigenvalue weighted by Crippen LogP contribution is 2.09. The number of rotatable bonds is 6. The highest BCUT2D eigenvalue weighted by atomic mass is 19.1. The molecule has 0 heterocycles. The lowest BCUT2D eigenvalue weighted by Gasteiger charge is -2.07. The third kappa shape index (κ3) is 4.11. The van der Waals surface area contributed by atoms with E-state index in [9.17, 15) is 8.78 Å². The van der Waals surface area contributed by atoms with Crippen LogP contribution >= 0.6 is 0 Å². The van der Waals surface area contributed by atoms with Crippen LogP contribution in [-0.4, -0.2) is 11.7 Å². The van der Waals surface area contributed by atoms with E-state index in [1.807, 2.05) is 24.3 Å². The summed E-state index contributed by atoms with van der Waals surface area (Å²) in [5.74, 6) is -0.825. The van der Waals surface area contributed by atoms with Gasteiger partial charge in [0.2, 0.25) is 0 Å². The minimum atomic E-state index is -0.428. The number of aliphatic hydroxyl groups is 1. The van der Waals surface area contributed by atoms with Crippen molar-refractivity contribution >= 4 is 0 Å². The van der Waals surface area contributed by atoms with Crippen molar-refractivity contribution in [2.24, 2.45) is 0 Å². The average molecular weight is 277 g/mol. The molecule has 2 nitrogen and oxygen atoms in total. The molecule has 4 heteroatoms.